The van der Waals surface area contributed by atoms with Gasteiger partial charge in [-0.1, -0.05) is 42.5 Å². The highest BCUT2D eigenvalue weighted by Gasteiger charge is 2.40. The summed E-state index contributed by atoms with van der Waals surface area (Å²) in [6.07, 6.45) is 3.20. The van der Waals surface area contributed by atoms with Gasteiger partial charge < -0.3 is 9.47 Å². The Kier molecular flexibility index (Phi) is 3.88. The summed E-state index contributed by atoms with van der Waals surface area (Å²) in [5.41, 5.74) is 2.86. The minimum Gasteiger partial charge on any atom is -0.459 e. The number of benzene rings is 2. The van der Waals surface area contributed by atoms with Crippen molar-refractivity contribution < 1.29 is 14.3 Å². The monoisotopic (exact) mass is 308 g/mol. The maximum absolute atomic E-state index is 12.3. The van der Waals surface area contributed by atoms with E-state index in [-0.39, 0.29) is 12.1 Å². The molecule has 23 heavy (non-hydrogen) atoms. The van der Waals surface area contributed by atoms with Crippen molar-refractivity contribution in [1.82, 2.24) is 0 Å². The molecule has 1 aliphatic heterocycles. The van der Waals surface area contributed by atoms with Crippen molar-refractivity contribution in [3.8, 4) is 11.1 Å². The minimum absolute atomic E-state index is 0.00611. The quantitative estimate of drug-likeness (QED) is 0.802. The molecule has 0 radical (unpaired) electrons. The van der Waals surface area contributed by atoms with Crippen molar-refractivity contribution in [3.63, 3.8) is 0 Å². The fraction of sp³-hybridized carbons (Fsp3) is 0.350. The van der Waals surface area contributed by atoms with Crippen molar-refractivity contribution >= 4 is 5.97 Å². The highest BCUT2D eigenvalue weighted by molar-refractivity contribution is 5.90. The van der Waals surface area contributed by atoms with E-state index < -0.39 is 0 Å². The Bertz CT molecular complexity index is 666. The van der Waals surface area contributed by atoms with Crippen molar-refractivity contribution in [3.05, 3.63) is 60.2 Å². The summed E-state index contributed by atoms with van der Waals surface area (Å²) in [6.45, 7) is 0.858. The van der Waals surface area contributed by atoms with Gasteiger partial charge in [-0.3, -0.25) is 0 Å². The molecule has 3 heteroatoms. The second-order valence-electron chi connectivity index (χ2n) is 6.40. The van der Waals surface area contributed by atoms with E-state index in [1.807, 2.05) is 42.5 Å². The Morgan fingerprint density at radius 3 is 2.43 bits per heavy atom. The van der Waals surface area contributed by atoms with Crippen LogP contribution in [-0.2, 0) is 9.47 Å². The Hall–Kier alpha value is -2.13. The van der Waals surface area contributed by atoms with Crippen molar-refractivity contribution in [2.75, 3.05) is 6.61 Å². The molecule has 0 amide bonds. The lowest BCUT2D eigenvalue weighted by molar-refractivity contribution is 0.0238. The normalized spacial score (nSPS) is 26.0. The van der Waals surface area contributed by atoms with Crippen molar-refractivity contribution in [2.45, 2.75) is 31.5 Å². The molecule has 3 nitrogen and oxygen atoms in total. The fourth-order valence-electron chi connectivity index (χ4n) is 3.66. The van der Waals surface area contributed by atoms with Crippen LogP contribution in [0.5, 0.6) is 0 Å². The van der Waals surface area contributed by atoms with Gasteiger partial charge in [0, 0.05) is 13.0 Å². The molecule has 1 saturated heterocycles. The van der Waals surface area contributed by atoms with Crippen LogP contribution in [0.1, 0.15) is 29.6 Å². The predicted molar refractivity (Wildman–Crippen MR) is 88.2 cm³/mol. The van der Waals surface area contributed by atoms with Gasteiger partial charge in [0.2, 0.25) is 0 Å². The summed E-state index contributed by atoms with van der Waals surface area (Å²) in [6, 6.07) is 17.8. The third-order valence-electron chi connectivity index (χ3n) is 4.91. The van der Waals surface area contributed by atoms with Gasteiger partial charge >= 0.3 is 5.97 Å². The van der Waals surface area contributed by atoms with Crippen molar-refractivity contribution in [1.29, 1.82) is 0 Å². The molecule has 2 aromatic carbocycles. The molecule has 2 fully saturated rings. The van der Waals surface area contributed by atoms with Crippen LogP contribution in [0.25, 0.3) is 11.1 Å². The van der Waals surface area contributed by atoms with Gasteiger partial charge in [0.15, 0.2) is 0 Å². The van der Waals surface area contributed by atoms with Crippen LogP contribution in [0.15, 0.2) is 54.6 Å². The van der Waals surface area contributed by atoms with E-state index in [1.54, 1.807) is 0 Å². The van der Waals surface area contributed by atoms with Crippen LogP contribution in [0, 0.1) is 5.92 Å². The number of hydrogen-bond donors (Lipinski definition) is 0. The van der Waals surface area contributed by atoms with Gasteiger partial charge in [0.05, 0.1) is 11.7 Å². The highest BCUT2D eigenvalue weighted by atomic mass is 16.5. The fourth-order valence-corrected chi connectivity index (χ4v) is 3.66. The number of hydrogen-bond acceptors (Lipinski definition) is 3. The first-order valence-corrected chi connectivity index (χ1v) is 8.27. The molecule has 1 heterocycles. The van der Waals surface area contributed by atoms with Crippen LogP contribution in [0.3, 0.4) is 0 Å². The summed E-state index contributed by atoms with van der Waals surface area (Å²) in [7, 11) is 0. The molecule has 0 N–H and O–H groups in total. The predicted octanol–water partition coefficient (Wildman–Crippen LogP) is 4.08. The zero-order chi connectivity index (χ0) is 15.6. The molecular formula is C20H20O3. The molecule has 2 aliphatic rings. The largest absolute Gasteiger partial charge is 0.459 e. The molecule has 0 spiro atoms. The van der Waals surface area contributed by atoms with E-state index in [0.717, 1.165) is 37.0 Å². The molecule has 0 bridgehead atoms. The summed E-state index contributed by atoms with van der Waals surface area (Å²) in [5, 5.41) is 0. The summed E-state index contributed by atoms with van der Waals surface area (Å²) in [5.74, 6) is 0.350. The number of rotatable bonds is 3. The van der Waals surface area contributed by atoms with E-state index in [2.05, 4.69) is 12.1 Å². The molecule has 118 valence electrons. The van der Waals surface area contributed by atoms with Gasteiger partial charge in [0.25, 0.3) is 0 Å². The molecule has 3 atom stereocenters. The molecule has 0 aromatic heterocycles. The maximum atomic E-state index is 12.3. The zero-order valence-electron chi connectivity index (χ0n) is 13.0. The first kappa shape index (κ1) is 14.5. The van der Waals surface area contributed by atoms with Gasteiger partial charge in [-0.05, 0) is 42.0 Å². The van der Waals surface area contributed by atoms with Gasteiger partial charge in [-0.15, -0.1) is 0 Å². The van der Waals surface area contributed by atoms with Crippen LogP contribution in [0.4, 0.5) is 0 Å². The third kappa shape index (κ3) is 3.02. The Balaban J connectivity index is 1.41. The minimum atomic E-state index is -0.227. The number of ether oxygens (including phenoxy) is 2. The topological polar surface area (TPSA) is 35.5 Å². The number of fused-ring (bicyclic) bond motifs is 1. The van der Waals surface area contributed by atoms with Gasteiger partial charge in [0.1, 0.15) is 6.10 Å². The summed E-state index contributed by atoms with van der Waals surface area (Å²) >= 11 is 0. The second-order valence-corrected chi connectivity index (χ2v) is 6.40. The Morgan fingerprint density at radius 1 is 0.957 bits per heavy atom. The molecule has 1 saturated carbocycles. The van der Waals surface area contributed by atoms with E-state index in [9.17, 15) is 4.79 Å². The Labute approximate surface area is 136 Å². The SMILES string of the molecule is O=C(OC1CC2CCOC2C1)c1ccc(-c2ccccc2)cc1. The van der Waals surface area contributed by atoms with E-state index in [4.69, 9.17) is 9.47 Å². The first-order chi connectivity index (χ1) is 11.3. The average molecular weight is 308 g/mol. The molecule has 2 aromatic rings. The molecule has 4 rings (SSSR count). The smallest absolute Gasteiger partial charge is 0.338 e. The zero-order valence-corrected chi connectivity index (χ0v) is 13.0. The Morgan fingerprint density at radius 2 is 1.70 bits per heavy atom. The molecule has 1 aliphatic carbocycles. The molecule has 3 unspecified atom stereocenters. The van der Waals surface area contributed by atoms with E-state index in [0.29, 0.717) is 17.6 Å². The lowest BCUT2D eigenvalue weighted by atomic mass is 10.0. The second kappa shape index (κ2) is 6.17. The number of carbonyl (C=O) groups is 1. The van der Waals surface area contributed by atoms with Crippen LogP contribution >= 0.6 is 0 Å². The van der Waals surface area contributed by atoms with Crippen LogP contribution < -0.4 is 0 Å². The standard InChI is InChI=1S/C20H20O3/c21-20(23-18-12-17-10-11-22-19(17)13-18)16-8-6-15(7-9-16)14-4-2-1-3-5-14/h1-9,17-19H,10-13H2. The summed E-state index contributed by atoms with van der Waals surface area (Å²) in [4.78, 5) is 12.3. The number of carbonyl (C=O) groups excluding carboxylic acids is 1. The maximum Gasteiger partial charge on any atom is 0.338 e. The van der Waals surface area contributed by atoms with Crippen LogP contribution in [0.2, 0.25) is 0 Å². The van der Waals surface area contributed by atoms with Gasteiger partial charge in [-0.2, -0.15) is 0 Å². The van der Waals surface area contributed by atoms with E-state index in [1.165, 1.54) is 0 Å². The van der Waals surface area contributed by atoms with Crippen LogP contribution in [-0.4, -0.2) is 24.8 Å². The van der Waals surface area contributed by atoms with Gasteiger partial charge in [-0.25, -0.2) is 4.79 Å². The average Bonchev–Trinajstić information content (AvgIpc) is 3.17. The number of esters is 1. The lowest BCUT2D eigenvalue weighted by Gasteiger charge is -2.13. The lowest BCUT2D eigenvalue weighted by Crippen LogP contribution is -2.17. The third-order valence-corrected chi connectivity index (χ3v) is 4.91. The molecular weight excluding hydrogens is 288 g/mol. The van der Waals surface area contributed by atoms with E-state index >= 15 is 0 Å². The summed E-state index contributed by atoms with van der Waals surface area (Å²) < 4.78 is 11.3. The van der Waals surface area contributed by atoms with Crippen molar-refractivity contribution in [2.24, 2.45) is 5.92 Å². The highest BCUT2D eigenvalue weighted by Crippen LogP contribution is 2.37. The first-order valence-electron chi connectivity index (χ1n) is 8.27.